The fourth-order valence-corrected chi connectivity index (χ4v) is 3.13. The summed E-state index contributed by atoms with van der Waals surface area (Å²) in [5.41, 5.74) is 9.64. The molecule has 0 saturated heterocycles. The predicted molar refractivity (Wildman–Crippen MR) is 98.5 cm³/mol. The van der Waals surface area contributed by atoms with Crippen molar-refractivity contribution in [2.75, 3.05) is 6.61 Å². The average Bonchev–Trinajstić information content (AvgIpc) is 3.01. The van der Waals surface area contributed by atoms with E-state index in [1.807, 2.05) is 26.0 Å². The second-order valence-corrected chi connectivity index (χ2v) is 7.32. The van der Waals surface area contributed by atoms with Crippen LogP contribution in [0.1, 0.15) is 32.8 Å². The minimum Gasteiger partial charge on any atom is -0.476 e. The molecule has 0 bridgehead atoms. The molecule has 0 spiro atoms. The predicted octanol–water partition coefficient (Wildman–Crippen LogP) is 3.24. The number of pyridine rings is 1. The van der Waals surface area contributed by atoms with Gasteiger partial charge in [0.25, 0.3) is 0 Å². The van der Waals surface area contributed by atoms with Gasteiger partial charge in [0.05, 0.1) is 11.9 Å². The lowest BCUT2D eigenvalue weighted by Gasteiger charge is -2.26. The molecule has 3 aromatic rings. The molecule has 132 valence electrons. The largest absolute Gasteiger partial charge is 0.476 e. The summed E-state index contributed by atoms with van der Waals surface area (Å²) in [5.74, 6) is 1.15. The number of rotatable bonds is 6. The molecule has 3 heterocycles. The van der Waals surface area contributed by atoms with Gasteiger partial charge >= 0.3 is 0 Å². The average molecular weight is 339 g/mol. The van der Waals surface area contributed by atoms with Gasteiger partial charge in [-0.25, -0.2) is 14.5 Å². The van der Waals surface area contributed by atoms with E-state index in [4.69, 9.17) is 10.5 Å². The van der Waals surface area contributed by atoms with Crippen molar-refractivity contribution in [3.8, 4) is 17.1 Å². The highest BCUT2D eigenvalue weighted by Crippen LogP contribution is 2.25. The van der Waals surface area contributed by atoms with Crippen molar-refractivity contribution in [3.05, 3.63) is 42.4 Å². The van der Waals surface area contributed by atoms with Gasteiger partial charge in [0.15, 0.2) is 5.65 Å². The highest BCUT2D eigenvalue weighted by atomic mass is 16.5. The standard InChI is InChI=1S/C19H25N5O/c1-13(2)10-19(4,20)12-25-18-14(3)9-15(11-22-18)16-5-7-21-17-6-8-23-24(16)17/h5-9,11,13H,10,12,20H2,1-4H3. The van der Waals surface area contributed by atoms with E-state index >= 15 is 0 Å². The van der Waals surface area contributed by atoms with Crippen LogP contribution in [-0.4, -0.2) is 31.7 Å². The minimum absolute atomic E-state index is 0.368. The van der Waals surface area contributed by atoms with Crippen LogP contribution in [0.5, 0.6) is 5.88 Å². The number of fused-ring (bicyclic) bond motifs is 1. The molecule has 3 rings (SSSR count). The maximum Gasteiger partial charge on any atom is 0.216 e. The van der Waals surface area contributed by atoms with Gasteiger partial charge in [0, 0.05) is 35.1 Å². The lowest BCUT2D eigenvalue weighted by atomic mass is 9.93. The molecule has 3 aromatic heterocycles. The van der Waals surface area contributed by atoms with Crippen molar-refractivity contribution < 1.29 is 4.74 Å². The van der Waals surface area contributed by atoms with Crippen LogP contribution < -0.4 is 10.5 Å². The second-order valence-electron chi connectivity index (χ2n) is 7.32. The van der Waals surface area contributed by atoms with Gasteiger partial charge < -0.3 is 10.5 Å². The first-order valence-corrected chi connectivity index (χ1v) is 8.53. The Morgan fingerprint density at radius 1 is 1.24 bits per heavy atom. The van der Waals surface area contributed by atoms with Crippen LogP contribution in [0.4, 0.5) is 0 Å². The molecule has 1 unspecified atom stereocenters. The molecule has 0 aromatic carbocycles. The van der Waals surface area contributed by atoms with E-state index in [1.165, 1.54) is 0 Å². The van der Waals surface area contributed by atoms with Gasteiger partial charge in [0.2, 0.25) is 5.88 Å². The number of ether oxygens (including phenoxy) is 1. The molecule has 0 radical (unpaired) electrons. The third-order valence-corrected chi connectivity index (χ3v) is 4.03. The molecule has 25 heavy (non-hydrogen) atoms. The number of hydrogen-bond acceptors (Lipinski definition) is 5. The normalized spacial score (nSPS) is 14.0. The van der Waals surface area contributed by atoms with E-state index in [9.17, 15) is 0 Å². The van der Waals surface area contributed by atoms with Crippen molar-refractivity contribution >= 4 is 5.65 Å². The van der Waals surface area contributed by atoms with Gasteiger partial charge in [-0.15, -0.1) is 0 Å². The van der Waals surface area contributed by atoms with Crippen LogP contribution in [0.15, 0.2) is 36.8 Å². The summed E-state index contributed by atoms with van der Waals surface area (Å²) < 4.78 is 7.70. The topological polar surface area (TPSA) is 78.3 Å². The van der Waals surface area contributed by atoms with Crippen molar-refractivity contribution in [2.45, 2.75) is 39.7 Å². The van der Waals surface area contributed by atoms with Gasteiger partial charge in [-0.2, -0.15) is 5.10 Å². The molecular formula is C19H25N5O. The summed E-state index contributed by atoms with van der Waals surface area (Å²) >= 11 is 0. The quantitative estimate of drug-likeness (QED) is 0.746. The Morgan fingerprint density at radius 2 is 2.04 bits per heavy atom. The second kappa shape index (κ2) is 6.80. The van der Waals surface area contributed by atoms with Crippen LogP contribution >= 0.6 is 0 Å². The number of aromatic nitrogens is 4. The first-order chi connectivity index (χ1) is 11.9. The zero-order valence-electron chi connectivity index (χ0n) is 15.2. The highest BCUT2D eigenvalue weighted by Gasteiger charge is 2.21. The Kier molecular flexibility index (Phi) is 4.72. The molecule has 0 amide bonds. The first kappa shape index (κ1) is 17.4. The molecule has 6 nitrogen and oxygen atoms in total. The van der Waals surface area contributed by atoms with Crippen molar-refractivity contribution in [2.24, 2.45) is 11.7 Å². The summed E-state index contributed by atoms with van der Waals surface area (Å²) in [6.45, 7) is 8.77. The molecule has 0 aliphatic heterocycles. The molecule has 0 fully saturated rings. The van der Waals surface area contributed by atoms with Crippen molar-refractivity contribution in [1.82, 2.24) is 19.6 Å². The smallest absolute Gasteiger partial charge is 0.216 e. The number of aryl methyl sites for hydroxylation is 1. The van der Waals surface area contributed by atoms with Crippen molar-refractivity contribution in [3.63, 3.8) is 0 Å². The van der Waals surface area contributed by atoms with Crippen molar-refractivity contribution in [1.29, 1.82) is 0 Å². The summed E-state index contributed by atoms with van der Waals surface area (Å²) in [7, 11) is 0. The van der Waals surface area contributed by atoms with Crippen LogP contribution in [-0.2, 0) is 0 Å². The Balaban J connectivity index is 1.81. The number of hydrogen-bond donors (Lipinski definition) is 1. The van der Waals surface area contributed by atoms with E-state index in [0.717, 1.165) is 28.9 Å². The molecule has 2 N–H and O–H groups in total. The molecular weight excluding hydrogens is 314 g/mol. The molecule has 0 aliphatic rings. The fraction of sp³-hybridized carbons (Fsp3) is 0.421. The number of nitrogens with two attached hydrogens (primary N) is 1. The monoisotopic (exact) mass is 339 g/mol. The van der Waals surface area contributed by atoms with E-state index < -0.39 is 0 Å². The zero-order valence-corrected chi connectivity index (χ0v) is 15.2. The lowest BCUT2D eigenvalue weighted by molar-refractivity contribution is 0.199. The van der Waals surface area contributed by atoms with Crippen LogP contribution in [0.2, 0.25) is 0 Å². The Hall–Kier alpha value is -2.47. The molecule has 6 heteroatoms. The Morgan fingerprint density at radius 3 is 2.76 bits per heavy atom. The fourth-order valence-electron chi connectivity index (χ4n) is 3.13. The van der Waals surface area contributed by atoms with E-state index in [0.29, 0.717) is 18.4 Å². The van der Waals surface area contributed by atoms with Crippen LogP contribution in [0.3, 0.4) is 0 Å². The van der Waals surface area contributed by atoms with E-state index in [2.05, 4.69) is 35.0 Å². The van der Waals surface area contributed by atoms with Gasteiger partial charge in [-0.1, -0.05) is 13.8 Å². The number of nitrogens with zero attached hydrogens (tertiary/aromatic N) is 4. The zero-order chi connectivity index (χ0) is 18.0. The third-order valence-electron chi connectivity index (χ3n) is 4.03. The minimum atomic E-state index is -0.368. The molecule has 0 aliphatic carbocycles. The SMILES string of the molecule is Cc1cc(-c2ccnc3ccnn23)cnc1OCC(C)(N)CC(C)C. The molecule has 1 atom stereocenters. The summed E-state index contributed by atoms with van der Waals surface area (Å²) in [6.07, 6.45) is 6.21. The maximum atomic E-state index is 6.32. The summed E-state index contributed by atoms with van der Waals surface area (Å²) in [5, 5.41) is 4.32. The van der Waals surface area contributed by atoms with Crippen LogP contribution in [0, 0.1) is 12.8 Å². The Labute approximate surface area is 148 Å². The van der Waals surface area contributed by atoms with E-state index in [1.54, 1.807) is 23.1 Å². The summed E-state index contributed by atoms with van der Waals surface area (Å²) in [4.78, 5) is 8.78. The highest BCUT2D eigenvalue weighted by molar-refractivity contribution is 5.62. The molecule has 0 saturated carbocycles. The van der Waals surface area contributed by atoms with E-state index in [-0.39, 0.29) is 5.54 Å². The Bertz CT molecular complexity index is 869. The van der Waals surface area contributed by atoms with Crippen LogP contribution in [0.25, 0.3) is 16.9 Å². The third kappa shape index (κ3) is 3.96. The lowest BCUT2D eigenvalue weighted by Crippen LogP contribution is -2.43. The van der Waals surface area contributed by atoms with Gasteiger partial charge in [0.1, 0.15) is 6.61 Å². The summed E-state index contributed by atoms with van der Waals surface area (Å²) in [6, 6.07) is 5.85. The maximum absolute atomic E-state index is 6.32. The van der Waals surface area contributed by atoms with Gasteiger partial charge in [-0.3, -0.25) is 0 Å². The van der Waals surface area contributed by atoms with Gasteiger partial charge in [-0.05, 0) is 38.3 Å². The first-order valence-electron chi connectivity index (χ1n) is 8.53.